The zero-order valence-electron chi connectivity index (χ0n) is 10.8. The Morgan fingerprint density at radius 3 is 3.06 bits per heavy atom. The average molecular weight is 245 g/mol. The van der Waals surface area contributed by atoms with Crippen LogP contribution in [0.2, 0.25) is 0 Å². The summed E-state index contributed by atoms with van der Waals surface area (Å²) in [5.41, 5.74) is 1.23. The first-order valence-electron chi connectivity index (χ1n) is 6.15. The molecule has 1 aromatic carbocycles. The zero-order chi connectivity index (χ0) is 12.8. The molecule has 0 amide bonds. The van der Waals surface area contributed by atoms with E-state index >= 15 is 0 Å². The number of ether oxygens (including phenoxy) is 1. The van der Waals surface area contributed by atoms with E-state index in [1.165, 1.54) is 5.56 Å². The molecule has 0 aliphatic heterocycles. The number of benzene rings is 1. The molecule has 1 aromatic heterocycles. The predicted molar refractivity (Wildman–Crippen MR) is 71.6 cm³/mol. The molecule has 1 N–H and O–H groups in total. The lowest BCUT2D eigenvalue weighted by molar-refractivity contribution is 0.298. The number of nitrogens with one attached hydrogen (secondary N) is 1. The van der Waals surface area contributed by atoms with Gasteiger partial charge in [0.05, 0.1) is 12.9 Å². The molecule has 4 heteroatoms. The van der Waals surface area contributed by atoms with Crippen molar-refractivity contribution < 1.29 is 4.74 Å². The van der Waals surface area contributed by atoms with Gasteiger partial charge in [0.15, 0.2) is 0 Å². The van der Waals surface area contributed by atoms with Crippen molar-refractivity contribution in [2.75, 3.05) is 13.7 Å². The van der Waals surface area contributed by atoms with Crippen LogP contribution in [0.15, 0.2) is 43.0 Å². The molecule has 0 aliphatic carbocycles. The maximum absolute atomic E-state index is 5.74. The molecule has 1 heterocycles. The second-order valence-corrected chi connectivity index (χ2v) is 4.23. The molecule has 96 valence electrons. The number of imidazole rings is 1. The molecular formula is C14H19N3O. The van der Waals surface area contributed by atoms with E-state index in [0.717, 1.165) is 12.3 Å². The average Bonchev–Trinajstić information content (AvgIpc) is 2.91. The SMILES string of the molecule is CNC(C)c1cccc(OCCn2ccnc2)c1. The van der Waals surface area contributed by atoms with Gasteiger partial charge in [0, 0.05) is 18.4 Å². The second kappa shape index (κ2) is 6.21. The summed E-state index contributed by atoms with van der Waals surface area (Å²) >= 11 is 0. The number of aromatic nitrogens is 2. The van der Waals surface area contributed by atoms with E-state index in [1.807, 2.05) is 29.9 Å². The third-order valence-electron chi connectivity index (χ3n) is 2.97. The van der Waals surface area contributed by atoms with Crippen LogP contribution in [-0.2, 0) is 6.54 Å². The Kier molecular flexibility index (Phi) is 4.36. The molecule has 1 atom stereocenters. The van der Waals surface area contributed by atoms with Crippen molar-refractivity contribution in [2.45, 2.75) is 19.5 Å². The Bertz CT molecular complexity index is 468. The van der Waals surface area contributed by atoms with Crippen LogP contribution in [0.3, 0.4) is 0 Å². The highest BCUT2D eigenvalue weighted by atomic mass is 16.5. The molecule has 0 aliphatic rings. The summed E-state index contributed by atoms with van der Waals surface area (Å²) in [5, 5.41) is 3.22. The quantitative estimate of drug-likeness (QED) is 0.848. The minimum absolute atomic E-state index is 0.335. The lowest BCUT2D eigenvalue weighted by atomic mass is 10.1. The van der Waals surface area contributed by atoms with Crippen LogP contribution in [0.5, 0.6) is 5.75 Å². The highest BCUT2D eigenvalue weighted by Gasteiger charge is 2.03. The first-order valence-corrected chi connectivity index (χ1v) is 6.15. The lowest BCUT2D eigenvalue weighted by Crippen LogP contribution is -2.12. The van der Waals surface area contributed by atoms with E-state index in [9.17, 15) is 0 Å². The molecule has 1 unspecified atom stereocenters. The van der Waals surface area contributed by atoms with Crippen molar-refractivity contribution >= 4 is 0 Å². The van der Waals surface area contributed by atoms with Crippen LogP contribution in [0.25, 0.3) is 0 Å². The normalized spacial score (nSPS) is 12.3. The van der Waals surface area contributed by atoms with Crippen LogP contribution < -0.4 is 10.1 Å². The van der Waals surface area contributed by atoms with Gasteiger partial charge in [-0.05, 0) is 31.7 Å². The molecular weight excluding hydrogens is 226 g/mol. The van der Waals surface area contributed by atoms with E-state index in [2.05, 4.69) is 29.4 Å². The van der Waals surface area contributed by atoms with E-state index < -0.39 is 0 Å². The molecule has 2 aromatic rings. The van der Waals surface area contributed by atoms with Crippen LogP contribution in [0, 0.1) is 0 Å². The molecule has 18 heavy (non-hydrogen) atoms. The van der Waals surface area contributed by atoms with E-state index in [4.69, 9.17) is 4.74 Å². The maximum atomic E-state index is 5.74. The molecule has 0 fully saturated rings. The van der Waals surface area contributed by atoms with Gasteiger partial charge in [0.25, 0.3) is 0 Å². The van der Waals surface area contributed by atoms with E-state index in [1.54, 1.807) is 12.5 Å². The third kappa shape index (κ3) is 3.34. The largest absolute Gasteiger partial charge is 0.492 e. The predicted octanol–water partition coefficient (Wildman–Crippen LogP) is 2.24. The molecule has 0 radical (unpaired) electrons. The third-order valence-corrected chi connectivity index (χ3v) is 2.97. The van der Waals surface area contributed by atoms with Gasteiger partial charge in [-0.25, -0.2) is 4.98 Å². The van der Waals surface area contributed by atoms with Crippen molar-refractivity contribution in [3.63, 3.8) is 0 Å². The van der Waals surface area contributed by atoms with Crippen LogP contribution >= 0.6 is 0 Å². The minimum Gasteiger partial charge on any atom is -0.492 e. The summed E-state index contributed by atoms with van der Waals surface area (Å²) in [6, 6.07) is 8.52. The Labute approximate surface area is 108 Å². The van der Waals surface area contributed by atoms with Gasteiger partial charge in [0.2, 0.25) is 0 Å². The number of rotatable bonds is 6. The molecule has 0 spiro atoms. The molecule has 0 saturated carbocycles. The number of hydrogen-bond donors (Lipinski definition) is 1. The number of hydrogen-bond acceptors (Lipinski definition) is 3. The minimum atomic E-state index is 0.335. The first-order chi connectivity index (χ1) is 8.79. The summed E-state index contributed by atoms with van der Waals surface area (Å²) in [6.45, 7) is 3.59. The van der Waals surface area contributed by atoms with Crippen molar-refractivity contribution in [3.05, 3.63) is 48.5 Å². The van der Waals surface area contributed by atoms with Gasteiger partial charge in [-0.15, -0.1) is 0 Å². The van der Waals surface area contributed by atoms with Crippen molar-refractivity contribution in [1.82, 2.24) is 14.9 Å². The highest BCUT2D eigenvalue weighted by molar-refractivity contribution is 5.30. The van der Waals surface area contributed by atoms with Crippen molar-refractivity contribution in [2.24, 2.45) is 0 Å². The van der Waals surface area contributed by atoms with Crippen LogP contribution in [-0.4, -0.2) is 23.2 Å². The Balaban J connectivity index is 1.89. The van der Waals surface area contributed by atoms with Crippen molar-refractivity contribution in [3.8, 4) is 5.75 Å². The van der Waals surface area contributed by atoms with Gasteiger partial charge < -0.3 is 14.6 Å². The van der Waals surface area contributed by atoms with E-state index in [-0.39, 0.29) is 0 Å². The second-order valence-electron chi connectivity index (χ2n) is 4.23. The smallest absolute Gasteiger partial charge is 0.119 e. The van der Waals surface area contributed by atoms with Crippen LogP contribution in [0.1, 0.15) is 18.5 Å². The van der Waals surface area contributed by atoms with Gasteiger partial charge in [-0.1, -0.05) is 12.1 Å². The van der Waals surface area contributed by atoms with Gasteiger partial charge in [0.1, 0.15) is 12.4 Å². The fourth-order valence-electron chi connectivity index (χ4n) is 1.73. The molecule has 0 saturated heterocycles. The first kappa shape index (κ1) is 12.6. The Morgan fingerprint density at radius 1 is 1.44 bits per heavy atom. The fraction of sp³-hybridized carbons (Fsp3) is 0.357. The van der Waals surface area contributed by atoms with Gasteiger partial charge >= 0.3 is 0 Å². The topological polar surface area (TPSA) is 39.1 Å². The Morgan fingerprint density at radius 2 is 2.33 bits per heavy atom. The summed E-state index contributed by atoms with van der Waals surface area (Å²) in [6.07, 6.45) is 5.50. The standard InChI is InChI=1S/C14H19N3O/c1-12(15-2)13-4-3-5-14(10-13)18-9-8-17-7-6-16-11-17/h3-7,10-12,15H,8-9H2,1-2H3. The summed E-state index contributed by atoms with van der Waals surface area (Å²) < 4.78 is 7.74. The maximum Gasteiger partial charge on any atom is 0.119 e. The van der Waals surface area contributed by atoms with E-state index in [0.29, 0.717) is 12.6 Å². The van der Waals surface area contributed by atoms with Crippen LogP contribution in [0.4, 0.5) is 0 Å². The van der Waals surface area contributed by atoms with Gasteiger partial charge in [-0.3, -0.25) is 0 Å². The highest BCUT2D eigenvalue weighted by Crippen LogP contribution is 2.18. The van der Waals surface area contributed by atoms with Crippen molar-refractivity contribution in [1.29, 1.82) is 0 Å². The fourth-order valence-corrected chi connectivity index (χ4v) is 1.73. The number of nitrogens with zero attached hydrogens (tertiary/aromatic N) is 2. The Hall–Kier alpha value is -1.81. The molecule has 4 nitrogen and oxygen atoms in total. The molecule has 0 bridgehead atoms. The summed E-state index contributed by atoms with van der Waals surface area (Å²) in [5.74, 6) is 0.912. The monoisotopic (exact) mass is 245 g/mol. The summed E-state index contributed by atoms with van der Waals surface area (Å²) in [4.78, 5) is 4.00. The lowest BCUT2D eigenvalue weighted by Gasteiger charge is -2.12. The van der Waals surface area contributed by atoms with Gasteiger partial charge in [-0.2, -0.15) is 0 Å². The summed E-state index contributed by atoms with van der Waals surface area (Å²) in [7, 11) is 1.96. The molecule has 2 rings (SSSR count). The zero-order valence-corrected chi connectivity index (χ0v) is 10.8.